The van der Waals surface area contributed by atoms with Crippen molar-refractivity contribution in [3.63, 3.8) is 0 Å². The molecule has 128 valence electrons. The van der Waals surface area contributed by atoms with Gasteiger partial charge in [0.1, 0.15) is 5.75 Å². The van der Waals surface area contributed by atoms with E-state index in [0.29, 0.717) is 5.41 Å². The summed E-state index contributed by atoms with van der Waals surface area (Å²) in [4.78, 5) is 2.61. The van der Waals surface area contributed by atoms with Crippen LogP contribution in [0.15, 0.2) is 48.5 Å². The predicted molar refractivity (Wildman–Crippen MR) is 101 cm³/mol. The molecule has 1 heterocycles. The van der Waals surface area contributed by atoms with Crippen LogP contribution in [0.25, 0.3) is 0 Å². The van der Waals surface area contributed by atoms with Crippen molar-refractivity contribution in [2.24, 2.45) is 0 Å². The Morgan fingerprint density at radius 3 is 2.38 bits per heavy atom. The molecular weight excluding hydrogens is 318 g/mol. The Kier molecular flexibility index (Phi) is 5.17. The number of piperidine rings is 1. The number of hydrogen-bond acceptors (Lipinski definition) is 2. The molecule has 0 N–H and O–H groups in total. The van der Waals surface area contributed by atoms with Crippen LogP contribution in [0.2, 0.25) is 0 Å². The molecule has 1 saturated heterocycles. The number of halogens is 1. The van der Waals surface area contributed by atoms with Crippen LogP contribution in [0.1, 0.15) is 36.0 Å². The zero-order valence-corrected chi connectivity index (χ0v) is 15.1. The number of rotatable bonds is 3. The first kappa shape index (κ1) is 17.3. The maximum atomic E-state index is 5.24. The minimum Gasteiger partial charge on any atom is -0.497 e. The van der Waals surface area contributed by atoms with Crippen LogP contribution in [-0.2, 0) is 18.4 Å². The summed E-state index contributed by atoms with van der Waals surface area (Å²) in [5.74, 6) is 0.939. The van der Waals surface area contributed by atoms with Gasteiger partial charge in [-0.2, -0.15) is 0 Å². The van der Waals surface area contributed by atoms with Crippen molar-refractivity contribution in [1.82, 2.24) is 4.90 Å². The summed E-state index contributed by atoms with van der Waals surface area (Å²) in [6.45, 7) is 3.47. The summed E-state index contributed by atoms with van der Waals surface area (Å²) >= 11 is 0. The highest BCUT2D eigenvalue weighted by Gasteiger charge is 2.40. The van der Waals surface area contributed by atoms with Crippen LogP contribution in [0.5, 0.6) is 5.75 Å². The van der Waals surface area contributed by atoms with Crippen LogP contribution in [0.3, 0.4) is 0 Å². The Morgan fingerprint density at radius 1 is 0.958 bits per heavy atom. The van der Waals surface area contributed by atoms with E-state index in [1.165, 1.54) is 44.3 Å². The fourth-order valence-electron chi connectivity index (χ4n) is 4.41. The van der Waals surface area contributed by atoms with Crippen LogP contribution < -0.4 is 4.74 Å². The standard InChI is InChI=1S/C21H25NO.ClH/c1-23-19-8-6-17(7-9-19)16-22-14-12-21(13-15-22)11-10-18-4-2-3-5-20(18)21;/h2-9H,10-16H2,1H3;1H. The van der Waals surface area contributed by atoms with E-state index in [1.54, 1.807) is 18.2 Å². The molecule has 1 spiro atoms. The third kappa shape index (κ3) is 3.18. The van der Waals surface area contributed by atoms with Crippen molar-refractivity contribution < 1.29 is 4.74 Å². The Labute approximate surface area is 151 Å². The lowest BCUT2D eigenvalue weighted by atomic mass is 9.74. The summed E-state index contributed by atoms with van der Waals surface area (Å²) in [5, 5.41) is 0. The number of hydrogen-bond donors (Lipinski definition) is 0. The van der Waals surface area contributed by atoms with Gasteiger partial charge in [0.15, 0.2) is 0 Å². The molecule has 0 unspecified atom stereocenters. The zero-order valence-electron chi connectivity index (χ0n) is 14.3. The highest BCUT2D eigenvalue weighted by molar-refractivity contribution is 5.85. The van der Waals surface area contributed by atoms with E-state index in [4.69, 9.17) is 4.74 Å². The van der Waals surface area contributed by atoms with E-state index in [-0.39, 0.29) is 12.4 Å². The summed E-state index contributed by atoms with van der Waals surface area (Å²) in [6, 6.07) is 17.6. The van der Waals surface area contributed by atoms with Gasteiger partial charge in [-0.3, -0.25) is 4.90 Å². The fourth-order valence-corrected chi connectivity index (χ4v) is 4.41. The van der Waals surface area contributed by atoms with Gasteiger partial charge in [0.25, 0.3) is 0 Å². The normalized spacial score (nSPS) is 18.9. The molecule has 1 fully saturated rings. The summed E-state index contributed by atoms with van der Waals surface area (Å²) in [7, 11) is 1.72. The molecule has 0 saturated carbocycles. The molecule has 2 aliphatic rings. The lowest BCUT2D eigenvalue weighted by Crippen LogP contribution is -2.41. The molecule has 4 rings (SSSR count). The molecule has 24 heavy (non-hydrogen) atoms. The van der Waals surface area contributed by atoms with E-state index in [2.05, 4.69) is 53.4 Å². The first-order valence-electron chi connectivity index (χ1n) is 8.73. The number of likely N-dealkylation sites (tertiary alicyclic amines) is 1. The highest BCUT2D eigenvalue weighted by Crippen LogP contribution is 2.46. The van der Waals surface area contributed by atoms with Crippen LogP contribution in [0.4, 0.5) is 0 Å². The lowest BCUT2D eigenvalue weighted by Gasteiger charge is -2.40. The molecule has 1 aliphatic carbocycles. The monoisotopic (exact) mass is 343 g/mol. The minimum atomic E-state index is 0. The van der Waals surface area contributed by atoms with Crippen molar-refractivity contribution >= 4 is 12.4 Å². The van der Waals surface area contributed by atoms with Crippen molar-refractivity contribution in [1.29, 1.82) is 0 Å². The predicted octanol–water partition coefficient (Wildman–Crippen LogP) is 4.60. The maximum absolute atomic E-state index is 5.24. The minimum absolute atomic E-state index is 0. The number of fused-ring (bicyclic) bond motifs is 2. The number of benzene rings is 2. The second-order valence-electron chi connectivity index (χ2n) is 7.06. The molecule has 0 atom stereocenters. The second-order valence-corrected chi connectivity index (χ2v) is 7.06. The first-order chi connectivity index (χ1) is 11.3. The number of aryl methyl sites for hydroxylation is 1. The van der Waals surface area contributed by atoms with Crippen molar-refractivity contribution in [2.45, 2.75) is 37.6 Å². The molecule has 1 aliphatic heterocycles. The summed E-state index contributed by atoms with van der Waals surface area (Å²) in [5.41, 5.74) is 5.08. The van der Waals surface area contributed by atoms with Gasteiger partial charge in [-0.05, 0) is 73.0 Å². The SMILES string of the molecule is COc1ccc(CN2CCC3(CCc4ccccc43)CC2)cc1.Cl. The van der Waals surface area contributed by atoms with Gasteiger partial charge in [-0.25, -0.2) is 0 Å². The van der Waals surface area contributed by atoms with Gasteiger partial charge in [0, 0.05) is 6.54 Å². The van der Waals surface area contributed by atoms with E-state index >= 15 is 0 Å². The third-order valence-corrected chi connectivity index (χ3v) is 5.84. The van der Waals surface area contributed by atoms with Gasteiger partial charge < -0.3 is 4.74 Å². The smallest absolute Gasteiger partial charge is 0.118 e. The molecule has 2 aromatic rings. The van der Waals surface area contributed by atoms with Gasteiger partial charge in [-0.15, -0.1) is 12.4 Å². The maximum Gasteiger partial charge on any atom is 0.118 e. The molecule has 0 radical (unpaired) electrons. The van der Waals surface area contributed by atoms with Crippen molar-refractivity contribution in [3.8, 4) is 5.75 Å². The molecule has 0 aromatic heterocycles. The Balaban J connectivity index is 0.00000169. The Bertz CT molecular complexity index is 674. The van der Waals surface area contributed by atoms with E-state index in [0.717, 1.165) is 12.3 Å². The van der Waals surface area contributed by atoms with Gasteiger partial charge in [0.2, 0.25) is 0 Å². The van der Waals surface area contributed by atoms with Gasteiger partial charge in [-0.1, -0.05) is 36.4 Å². The number of methoxy groups -OCH3 is 1. The fraction of sp³-hybridized carbons (Fsp3) is 0.429. The molecule has 0 bridgehead atoms. The average Bonchev–Trinajstić information content (AvgIpc) is 2.97. The molecule has 3 heteroatoms. The van der Waals surface area contributed by atoms with E-state index in [9.17, 15) is 0 Å². The molecule has 2 nitrogen and oxygen atoms in total. The molecule has 2 aromatic carbocycles. The largest absolute Gasteiger partial charge is 0.497 e. The highest BCUT2D eigenvalue weighted by atomic mass is 35.5. The van der Waals surface area contributed by atoms with Gasteiger partial charge in [0.05, 0.1) is 7.11 Å². The lowest BCUT2D eigenvalue weighted by molar-refractivity contribution is 0.152. The molecular formula is C21H26ClNO. The Hall–Kier alpha value is -1.51. The van der Waals surface area contributed by atoms with E-state index in [1.807, 2.05) is 0 Å². The zero-order chi connectivity index (χ0) is 15.7. The van der Waals surface area contributed by atoms with Crippen molar-refractivity contribution in [2.75, 3.05) is 20.2 Å². The van der Waals surface area contributed by atoms with Gasteiger partial charge >= 0.3 is 0 Å². The number of ether oxygens (including phenoxy) is 1. The van der Waals surface area contributed by atoms with Crippen molar-refractivity contribution in [3.05, 3.63) is 65.2 Å². The summed E-state index contributed by atoms with van der Waals surface area (Å²) < 4.78 is 5.24. The van der Waals surface area contributed by atoms with Crippen LogP contribution in [0, 0.1) is 0 Å². The number of nitrogens with zero attached hydrogens (tertiary/aromatic N) is 1. The van der Waals surface area contributed by atoms with Crippen LogP contribution in [-0.4, -0.2) is 25.1 Å². The topological polar surface area (TPSA) is 12.5 Å². The molecule has 0 amide bonds. The second kappa shape index (κ2) is 7.16. The van der Waals surface area contributed by atoms with E-state index < -0.39 is 0 Å². The Morgan fingerprint density at radius 2 is 1.67 bits per heavy atom. The quantitative estimate of drug-likeness (QED) is 0.807. The average molecular weight is 344 g/mol. The van der Waals surface area contributed by atoms with Crippen LogP contribution >= 0.6 is 12.4 Å². The summed E-state index contributed by atoms with van der Waals surface area (Å²) in [6.07, 6.45) is 5.23. The first-order valence-corrected chi connectivity index (χ1v) is 8.73. The third-order valence-electron chi connectivity index (χ3n) is 5.84.